The van der Waals surface area contributed by atoms with E-state index in [0.29, 0.717) is 0 Å². The van der Waals surface area contributed by atoms with Gasteiger partial charge < -0.3 is 19.8 Å². The summed E-state index contributed by atoms with van der Waals surface area (Å²) in [4.78, 5) is 24.4. The Labute approximate surface area is 101 Å². The van der Waals surface area contributed by atoms with Crippen LogP contribution in [0.4, 0.5) is 0 Å². The third-order valence-electron chi connectivity index (χ3n) is 0.421. The first kappa shape index (κ1) is 20.7. The minimum atomic E-state index is -5.01. The molecule has 0 aromatic carbocycles. The molecule has 0 radical (unpaired) electrons. The number of hydrogen-bond donors (Lipinski definition) is 4. The molecular formula is C2H11ClMgO8P2. The normalized spacial score (nSPS) is 14.4. The minimum absolute atomic E-state index is 0. The van der Waals surface area contributed by atoms with Crippen LogP contribution in [0.5, 0.6) is 0 Å². The minimum Gasteiger partial charge on any atom is -0.400 e. The van der Waals surface area contributed by atoms with Gasteiger partial charge in [0.05, 0.1) is 0 Å². The highest BCUT2D eigenvalue weighted by Gasteiger charge is 2.31. The van der Waals surface area contributed by atoms with E-state index in [1.165, 1.54) is 0 Å². The van der Waals surface area contributed by atoms with E-state index in [1.54, 1.807) is 0 Å². The van der Waals surface area contributed by atoms with Crippen molar-refractivity contribution in [3.63, 3.8) is 0 Å². The van der Waals surface area contributed by atoms with E-state index in [-0.39, 0.29) is 23.1 Å². The van der Waals surface area contributed by atoms with E-state index in [4.69, 9.17) is 31.4 Å². The van der Waals surface area contributed by atoms with Crippen molar-refractivity contribution >= 4 is 50.3 Å². The Hall–Kier alpha value is 1.28. The molecule has 1 unspecified atom stereocenters. The highest BCUT2D eigenvalue weighted by Crippen LogP contribution is 2.57. The average molecular weight is 285 g/mol. The second-order valence-electron chi connectivity index (χ2n) is 1.28. The van der Waals surface area contributed by atoms with Crippen LogP contribution in [-0.2, 0) is 18.0 Å². The lowest BCUT2D eigenvalue weighted by Gasteiger charge is -2.09. The summed E-state index contributed by atoms with van der Waals surface area (Å²) in [6.45, 7) is 0. The molecule has 12 heteroatoms. The summed E-state index contributed by atoms with van der Waals surface area (Å²) in [6.07, 6.45) is 0. The van der Waals surface area contributed by atoms with Crippen LogP contribution in [-0.4, -0.2) is 56.0 Å². The molecule has 0 saturated heterocycles. The first-order valence-electron chi connectivity index (χ1n) is 2.52. The summed E-state index contributed by atoms with van der Waals surface area (Å²) in [5.41, 5.74) is 0. The molecule has 14 heavy (non-hydrogen) atoms. The molecule has 0 aliphatic rings. The fourth-order valence-corrected chi connectivity index (χ4v) is 1.98. The van der Waals surface area contributed by atoms with Crippen LogP contribution in [0.3, 0.4) is 0 Å². The molecule has 0 amide bonds. The largest absolute Gasteiger partial charge is 0.482 e. The molecule has 0 saturated carbocycles. The van der Waals surface area contributed by atoms with Crippen LogP contribution >= 0.6 is 27.2 Å². The number of aliphatic hydroxyl groups excluding tert-OH is 1. The molecule has 4 N–H and O–H groups in total. The standard InChI is InChI=1S/CH5ClO7P2.CH4O.Mg.2H/c2-1-8-11(6,7)9-10(3,4)5;1-2;;;/h1H2,(H,6,7)(H2,3,4,5);2H,1H3;;;. The van der Waals surface area contributed by atoms with Gasteiger partial charge in [-0.05, 0) is 0 Å². The van der Waals surface area contributed by atoms with E-state index in [0.717, 1.165) is 7.11 Å². The predicted octanol–water partition coefficient (Wildman–Crippen LogP) is -0.899. The number of phosphoric acid groups is 2. The fourth-order valence-electron chi connectivity index (χ4n) is 0.220. The monoisotopic (exact) mass is 284 g/mol. The summed E-state index contributed by atoms with van der Waals surface area (Å²) in [5.74, 6) is 0. The van der Waals surface area contributed by atoms with Crippen molar-refractivity contribution in [3.8, 4) is 0 Å². The van der Waals surface area contributed by atoms with Crippen molar-refractivity contribution in [1.82, 2.24) is 0 Å². The smallest absolute Gasteiger partial charge is 0.400 e. The number of halogens is 1. The molecule has 8 nitrogen and oxygen atoms in total. The van der Waals surface area contributed by atoms with Gasteiger partial charge in [0.2, 0.25) is 0 Å². The number of aliphatic hydroxyl groups is 1. The van der Waals surface area contributed by atoms with E-state index in [2.05, 4.69) is 8.83 Å². The predicted molar refractivity (Wildman–Crippen MR) is 51.4 cm³/mol. The Morgan fingerprint density at radius 1 is 1.21 bits per heavy atom. The van der Waals surface area contributed by atoms with Gasteiger partial charge in [-0.1, -0.05) is 11.6 Å². The van der Waals surface area contributed by atoms with Crippen LogP contribution in [0.1, 0.15) is 0 Å². The second-order valence-corrected chi connectivity index (χ2v) is 4.33. The van der Waals surface area contributed by atoms with Gasteiger partial charge in [0, 0.05) is 7.11 Å². The van der Waals surface area contributed by atoms with E-state index >= 15 is 0 Å². The van der Waals surface area contributed by atoms with Gasteiger partial charge >= 0.3 is 38.7 Å². The van der Waals surface area contributed by atoms with Gasteiger partial charge in [-0.15, -0.1) is 0 Å². The molecule has 0 aromatic heterocycles. The van der Waals surface area contributed by atoms with E-state index in [1.807, 2.05) is 0 Å². The maximum absolute atomic E-state index is 10.4. The Morgan fingerprint density at radius 2 is 1.57 bits per heavy atom. The first-order chi connectivity index (χ1) is 5.77. The molecule has 86 valence electrons. The maximum Gasteiger partial charge on any atom is 0.482 e. The second kappa shape index (κ2) is 9.50. The molecule has 1 atom stereocenters. The maximum atomic E-state index is 10.4. The average Bonchev–Trinajstić information content (AvgIpc) is 1.85. The summed E-state index contributed by atoms with van der Waals surface area (Å²) < 4.78 is 27.4. The number of phosphoric ester groups is 1. The van der Waals surface area contributed by atoms with Gasteiger partial charge in [0.25, 0.3) is 0 Å². The fraction of sp³-hybridized carbons (Fsp3) is 1.00. The Morgan fingerprint density at radius 3 is 1.79 bits per heavy atom. The van der Waals surface area contributed by atoms with Gasteiger partial charge in [0.1, 0.15) is 6.07 Å². The number of rotatable bonds is 4. The third-order valence-corrected chi connectivity index (χ3v) is 2.81. The van der Waals surface area contributed by atoms with Crippen LogP contribution in [0, 0.1) is 0 Å². The van der Waals surface area contributed by atoms with Crippen LogP contribution < -0.4 is 0 Å². The molecule has 0 aliphatic heterocycles. The van der Waals surface area contributed by atoms with Gasteiger partial charge in [-0.3, -0.25) is 4.52 Å². The highest BCUT2D eigenvalue weighted by molar-refractivity contribution is 7.60. The Balaban J connectivity index is -0.000000376. The lowest BCUT2D eigenvalue weighted by Crippen LogP contribution is -1.91. The van der Waals surface area contributed by atoms with Gasteiger partial charge in [-0.2, -0.15) is 4.31 Å². The van der Waals surface area contributed by atoms with Gasteiger partial charge in [-0.25, -0.2) is 9.13 Å². The SMILES string of the molecule is CO.O=P(O)(O)OP(=O)(O)OCCl.[MgH2]. The summed E-state index contributed by atoms with van der Waals surface area (Å²) >= 11 is 4.83. The van der Waals surface area contributed by atoms with E-state index < -0.39 is 21.7 Å². The summed E-state index contributed by atoms with van der Waals surface area (Å²) in [5, 5.41) is 7.00. The molecule has 0 rings (SSSR count). The zero-order chi connectivity index (χ0) is 11.1. The lowest BCUT2D eigenvalue weighted by atomic mass is 11.7. The zero-order valence-electron chi connectivity index (χ0n) is 6.40. The molecule has 0 heterocycles. The van der Waals surface area contributed by atoms with Crippen molar-refractivity contribution in [2.75, 3.05) is 13.2 Å². The topological polar surface area (TPSA) is 134 Å². The Bertz CT molecular complexity index is 215. The van der Waals surface area contributed by atoms with Crippen molar-refractivity contribution in [3.05, 3.63) is 0 Å². The molecule has 0 aliphatic carbocycles. The molecule has 0 bridgehead atoms. The highest BCUT2D eigenvalue weighted by atomic mass is 35.5. The van der Waals surface area contributed by atoms with Crippen molar-refractivity contribution < 1.29 is 37.8 Å². The van der Waals surface area contributed by atoms with E-state index in [9.17, 15) is 9.13 Å². The molecule has 0 aromatic rings. The molecule has 0 fully saturated rings. The molecule has 0 spiro atoms. The Kier molecular flexibility index (Phi) is 14.0. The third kappa shape index (κ3) is 15.7. The van der Waals surface area contributed by atoms with Crippen molar-refractivity contribution in [1.29, 1.82) is 0 Å². The van der Waals surface area contributed by atoms with Crippen LogP contribution in [0.2, 0.25) is 0 Å². The first-order valence-corrected chi connectivity index (χ1v) is 6.08. The zero-order valence-corrected chi connectivity index (χ0v) is 8.95. The van der Waals surface area contributed by atoms with Crippen LogP contribution in [0.15, 0.2) is 0 Å². The van der Waals surface area contributed by atoms with Crippen LogP contribution in [0.25, 0.3) is 0 Å². The summed E-state index contributed by atoms with van der Waals surface area (Å²) in [7, 11) is -8.72. The molecular weight excluding hydrogens is 274 g/mol. The van der Waals surface area contributed by atoms with Crippen molar-refractivity contribution in [2.24, 2.45) is 0 Å². The number of hydrogen-bond acceptors (Lipinski definition) is 5. The quantitative estimate of drug-likeness (QED) is 0.296. The lowest BCUT2D eigenvalue weighted by molar-refractivity contribution is 0.197. The summed E-state index contributed by atoms with van der Waals surface area (Å²) in [6, 6.07) is -0.701. The number of alkyl halides is 1. The van der Waals surface area contributed by atoms with Gasteiger partial charge in [0.15, 0.2) is 0 Å². The van der Waals surface area contributed by atoms with Crippen molar-refractivity contribution in [2.45, 2.75) is 0 Å².